The third-order valence-electron chi connectivity index (χ3n) is 3.11. The number of hydrogen-bond donors (Lipinski definition) is 1. The molecule has 1 N–H and O–H groups in total. The van der Waals surface area contributed by atoms with Crippen LogP contribution in [0.5, 0.6) is 11.5 Å². The van der Waals surface area contributed by atoms with Crippen molar-refractivity contribution >= 4 is 29.2 Å². The summed E-state index contributed by atoms with van der Waals surface area (Å²) in [7, 11) is 3.06. The summed E-state index contributed by atoms with van der Waals surface area (Å²) in [4.78, 5) is 11.6. The Bertz CT molecular complexity index is 705. The van der Waals surface area contributed by atoms with Gasteiger partial charge in [-0.15, -0.1) is 0 Å². The van der Waals surface area contributed by atoms with Gasteiger partial charge in [0.15, 0.2) is 0 Å². The molecule has 0 aromatic heterocycles. The Balaban J connectivity index is 2.52. The van der Waals surface area contributed by atoms with E-state index in [2.05, 4.69) is 0 Å². The quantitative estimate of drug-likeness (QED) is 0.669. The summed E-state index contributed by atoms with van der Waals surface area (Å²) in [5.41, 5.74) is 1.27. The van der Waals surface area contributed by atoms with Crippen molar-refractivity contribution in [2.45, 2.75) is 0 Å². The molecule has 0 aliphatic heterocycles. The number of halogens is 1. The van der Waals surface area contributed by atoms with Gasteiger partial charge in [0.25, 0.3) is 0 Å². The normalized spacial score (nSPS) is 11.1. The zero-order valence-corrected chi connectivity index (χ0v) is 12.9. The zero-order valence-electron chi connectivity index (χ0n) is 12.2. The first-order valence-electron chi connectivity index (χ1n) is 6.48. The molecule has 4 nitrogen and oxygen atoms in total. The fourth-order valence-corrected chi connectivity index (χ4v) is 2.18. The van der Waals surface area contributed by atoms with Crippen LogP contribution in [0.3, 0.4) is 0 Å². The second-order valence-electron chi connectivity index (χ2n) is 4.48. The van der Waals surface area contributed by atoms with E-state index in [0.29, 0.717) is 22.1 Å². The van der Waals surface area contributed by atoms with Crippen molar-refractivity contribution in [1.82, 2.24) is 0 Å². The molecule has 0 aliphatic rings. The predicted octanol–water partition coefficient (Wildman–Crippen LogP) is 3.98. The minimum atomic E-state index is -1.06. The minimum Gasteiger partial charge on any atom is -0.497 e. The highest BCUT2D eigenvalue weighted by Crippen LogP contribution is 2.31. The highest BCUT2D eigenvalue weighted by Gasteiger charge is 2.16. The number of carboxylic acid groups (broad SMARTS) is 1. The lowest BCUT2D eigenvalue weighted by atomic mass is 10.0. The lowest BCUT2D eigenvalue weighted by Gasteiger charge is -2.10. The van der Waals surface area contributed by atoms with Gasteiger partial charge in [0.05, 0.1) is 19.8 Å². The van der Waals surface area contributed by atoms with Crippen molar-refractivity contribution < 1.29 is 19.4 Å². The van der Waals surface area contributed by atoms with Crippen molar-refractivity contribution in [3.8, 4) is 11.5 Å². The number of aliphatic carboxylic acids is 1. The maximum atomic E-state index is 11.6. The van der Waals surface area contributed by atoms with Gasteiger partial charge in [-0.1, -0.05) is 23.7 Å². The standard InChI is InChI=1S/C17H15ClO4/c1-21-13-6-3-11(4-7-13)9-15(17(19)20)14-10-12(18)5-8-16(14)22-2/h3-10H,1-2H3,(H,19,20)/b15-9-. The lowest BCUT2D eigenvalue weighted by molar-refractivity contribution is -0.130. The van der Waals surface area contributed by atoms with Gasteiger partial charge in [-0.05, 0) is 42.0 Å². The van der Waals surface area contributed by atoms with E-state index in [0.717, 1.165) is 5.56 Å². The van der Waals surface area contributed by atoms with Crippen molar-refractivity contribution in [3.63, 3.8) is 0 Å². The van der Waals surface area contributed by atoms with E-state index in [4.69, 9.17) is 21.1 Å². The van der Waals surface area contributed by atoms with Crippen molar-refractivity contribution in [3.05, 3.63) is 58.6 Å². The number of methoxy groups -OCH3 is 2. The van der Waals surface area contributed by atoms with Gasteiger partial charge in [0.1, 0.15) is 11.5 Å². The predicted molar refractivity (Wildman–Crippen MR) is 86.5 cm³/mol. The maximum Gasteiger partial charge on any atom is 0.336 e. The maximum absolute atomic E-state index is 11.6. The van der Waals surface area contributed by atoms with Gasteiger partial charge in [-0.3, -0.25) is 0 Å². The van der Waals surface area contributed by atoms with Crippen LogP contribution in [-0.4, -0.2) is 25.3 Å². The topological polar surface area (TPSA) is 55.8 Å². The number of ether oxygens (including phenoxy) is 2. The second kappa shape index (κ2) is 7.00. The number of carboxylic acids is 1. The first kappa shape index (κ1) is 15.9. The van der Waals surface area contributed by atoms with Crippen LogP contribution < -0.4 is 9.47 Å². The molecule has 0 fully saturated rings. The molecule has 22 heavy (non-hydrogen) atoms. The van der Waals surface area contributed by atoms with Gasteiger partial charge in [0.2, 0.25) is 0 Å². The van der Waals surface area contributed by atoms with Crippen LogP contribution in [0.1, 0.15) is 11.1 Å². The average molecular weight is 319 g/mol. The van der Waals surface area contributed by atoms with E-state index < -0.39 is 5.97 Å². The fraction of sp³-hybridized carbons (Fsp3) is 0.118. The second-order valence-corrected chi connectivity index (χ2v) is 4.92. The molecule has 2 aromatic rings. The number of rotatable bonds is 5. The van der Waals surface area contributed by atoms with E-state index in [9.17, 15) is 9.90 Å². The molecule has 0 bridgehead atoms. The molecular formula is C17H15ClO4. The Morgan fingerprint density at radius 3 is 2.32 bits per heavy atom. The van der Waals surface area contributed by atoms with Crippen LogP contribution in [0.15, 0.2) is 42.5 Å². The number of benzene rings is 2. The Labute approximate surface area is 133 Å². The smallest absolute Gasteiger partial charge is 0.336 e. The Hall–Kier alpha value is -2.46. The van der Waals surface area contributed by atoms with E-state index in [1.54, 1.807) is 55.7 Å². The average Bonchev–Trinajstić information content (AvgIpc) is 2.53. The zero-order chi connectivity index (χ0) is 16.1. The lowest BCUT2D eigenvalue weighted by Crippen LogP contribution is -2.02. The molecule has 0 heterocycles. The first-order valence-corrected chi connectivity index (χ1v) is 6.86. The highest BCUT2D eigenvalue weighted by atomic mass is 35.5. The van der Waals surface area contributed by atoms with Gasteiger partial charge >= 0.3 is 5.97 Å². The van der Waals surface area contributed by atoms with Gasteiger partial charge in [0, 0.05) is 10.6 Å². The Kier molecular flexibility index (Phi) is 5.07. The summed E-state index contributed by atoms with van der Waals surface area (Å²) in [5.74, 6) is 0.0947. The Morgan fingerprint density at radius 1 is 1.09 bits per heavy atom. The molecule has 0 saturated heterocycles. The van der Waals surface area contributed by atoms with E-state index in [1.165, 1.54) is 7.11 Å². The van der Waals surface area contributed by atoms with Crippen molar-refractivity contribution in [2.24, 2.45) is 0 Å². The molecule has 0 amide bonds. The van der Waals surface area contributed by atoms with E-state index in [1.807, 2.05) is 0 Å². The molecule has 2 rings (SSSR count). The molecule has 0 spiro atoms. The summed E-state index contributed by atoms with van der Waals surface area (Å²) in [6.07, 6.45) is 1.57. The molecule has 2 aromatic carbocycles. The molecule has 0 unspecified atom stereocenters. The van der Waals surface area contributed by atoms with Gasteiger partial charge < -0.3 is 14.6 Å². The highest BCUT2D eigenvalue weighted by molar-refractivity contribution is 6.31. The van der Waals surface area contributed by atoms with Crippen LogP contribution in [-0.2, 0) is 4.79 Å². The van der Waals surface area contributed by atoms with E-state index >= 15 is 0 Å². The van der Waals surface area contributed by atoms with Crippen LogP contribution in [0.4, 0.5) is 0 Å². The monoisotopic (exact) mass is 318 g/mol. The molecule has 114 valence electrons. The van der Waals surface area contributed by atoms with Crippen LogP contribution >= 0.6 is 11.6 Å². The largest absolute Gasteiger partial charge is 0.497 e. The summed E-state index contributed by atoms with van der Waals surface area (Å²) >= 11 is 5.97. The van der Waals surface area contributed by atoms with E-state index in [-0.39, 0.29) is 5.57 Å². The van der Waals surface area contributed by atoms with Gasteiger partial charge in [-0.2, -0.15) is 0 Å². The summed E-state index contributed by atoms with van der Waals surface area (Å²) < 4.78 is 10.3. The minimum absolute atomic E-state index is 0.101. The molecular weight excluding hydrogens is 304 g/mol. The SMILES string of the molecule is COc1ccc(/C=C(\C(=O)O)c2cc(Cl)ccc2OC)cc1. The fourth-order valence-electron chi connectivity index (χ4n) is 2.01. The van der Waals surface area contributed by atoms with Crippen molar-refractivity contribution in [2.75, 3.05) is 14.2 Å². The molecule has 0 atom stereocenters. The molecule has 5 heteroatoms. The first-order chi connectivity index (χ1) is 10.5. The van der Waals surface area contributed by atoms with Crippen LogP contribution in [0.25, 0.3) is 11.6 Å². The third kappa shape index (κ3) is 3.59. The van der Waals surface area contributed by atoms with Crippen molar-refractivity contribution in [1.29, 1.82) is 0 Å². The summed E-state index contributed by atoms with van der Waals surface area (Å²) in [6, 6.07) is 11.9. The number of hydrogen-bond acceptors (Lipinski definition) is 3. The van der Waals surface area contributed by atoms with Crippen LogP contribution in [0, 0.1) is 0 Å². The summed E-state index contributed by atoms with van der Waals surface area (Å²) in [5, 5.41) is 9.95. The summed E-state index contributed by atoms with van der Waals surface area (Å²) in [6.45, 7) is 0. The molecule has 0 radical (unpaired) electrons. The third-order valence-corrected chi connectivity index (χ3v) is 3.34. The molecule has 0 aliphatic carbocycles. The van der Waals surface area contributed by atoms with Gasteiger partial charge in [-0.25, -0.2) is 4.79 Å². The van der Waals surface area contributed by atoms with Crippen LogP contribution in [0.2, 0.25) is 5.02 Å². The Morgan fingerprint density at radius 2 is 1.77 bits per heavy atom. The molecule has 0 saturated carbocycles. The number of carbonyl (C=O) groups is 1.